The smallest absolute Gasteiger partial charge is 0.407 e. The minimum atomic E-state index is -3.16. The van der Waals surface area contributed by atoms with E-state index in [-0.39, 0.29) is 41.7 Å². The van der Waals surface area contributed by atoms with Crippen LogP contribution < -0.4 is 15.4 Å². The van der Waals surface area contributed by atoms with Gasteiger partial charge in [-0.1, -0.05) is 0 Å². The van der Waals surface area contributed by atoms with Crippen LogP contribution in [0.1, 0.15) is 48.9 Å². The predicted octanol–water partition coefficient (Wildman–Crippen LogP) is 5.15. The molecule has 1 aliphatic heterocycles. The molecular formula is C28H28F4N8O4. The van der Waals surface area contributed by atoms with Crippen LogP contribution in [0.2, 0.25) is 0 Å². The largest absolute Gasteiger partial charge is 0.444 e. The molecule has 12 nitrogen and oxygen atoms in total. The van der Waals surface area contributed by atoms with Gasteiger partial charge in [0.25, 0.3) is 12.3 Å². The molecule has 44 heavy (non-hydrogen) atoms. The van der Waals surface area contributed by atoms with Gasteiger partial charge in [0.05, 0.1) is 28.5 Å². The van der Waals surface area contributed by atoms with Gasteiger partial charge in [-0.15, -0.1) is 5.10 Å². The Labute approximate surface area is 248 Å². The number of halogens is 4. The second kappa shape index (κ2) is 11.9. The number of hydrogen-bond donors (Lipinski definition) is 2. The third-order valence-corrected chi connectivity index (χ3v) is 6.41. The van der Waals surface area contributed by atoms with Crippen molar-refractivity contribution in [1.29, 1.82) is 0 Å². The molecule has 0 aliphatic carbocycles. The molecule has 1 aliphatic rings. The number of anilines is 2. The number of alkyl halides is 4. The summed E-state index contributed by atoms with van der Waals surface area (Å²) in [6.45, 7) is 3.84. The number of benzene rings is 1. The molecular weight excluding hydrogens is 588 g/mol. The number of rotatable bonds is 8. The van der Waals surface area contributed by atoms with Crippen molar-refractivity contribution in [2.24, 2.45) is 0 Å². The van der Waals surface area contributed by atoms with E-state index in [0.717, 1.165) is 6.07 Å². The van der Waals surface area contributed by atoms with E-state index in [1.807, 2.05) is 0 Å². The maximum absolute atomic E-state index is 13.9. The minimum absolute atomic E-state index is 0.0392. The first-order valence-electron chi connectivity index (χ1n) is 13.4. The molecule has 0 radical (unpaired) electrons. The fraction of sp³-hybridized carbons (Fsp3) is 0.357. The van der Waals surface area contributed by atoms with Gasteiger partial charge in [-0.3, -0.25) is 9.36 Å². The van der Waals surface area contributed by atoms with Gasteiger partial charge in [-0.25, -0.2) is 23.5 Å². The Morgan fingerprint density at radius 2 is 1.80 bits per heavy atom. The molecule has 0 atom stereocenters. The number of carbonyl (C=O) groups excluding carboxylic acids is 2. The molecule has 0 saturated carbocycles. The van der Waals surface area contributed by atoms with Crippen molar-refractivity contribution in [3.05, 3.63) is 59.7 Å². The Morgan fingerprint density at radius 3 is 2.43 bits per heavy atom. The standard InChI is InChI=1S/C28H28F4N8O4/c1-14-5-7-21(38-37-14)35-18-9-17-19(10-20(18)43-26(31)32)40(13-33-17)22-8-6-16(24(29)30)23(36-22)25(41)39-11-15(12-39)34-27(42)44-28(2,3)4/h5-10,13,15,24,26H,11-12H2,1-4H3,(H,34,42)(H,35,38). The van der Waals surface area contributed by atoms with E-state index in [0.29, 0.717) is 11.2 Å². The van der Waals surface area contributed by atoms with Crippen LogP contribution in [0.4, 0.5) is 33.9 Å². The summed E-state index contributed by atoms with van der Waals surface area (Å²) in [4.78, 5) is 35.1. The van der Waals surface area contributed by atoms with Gasteiger partial charge in [0.1, 0.15) is 23.4 Å². The topological polar surface area (TPSA) is 136 Å². The van der Waals surface area contributed by atoms with Gasteiger partial charge in [0.2, 0.25) is 0 Å². The zero-order valence-corrected chi connectivity index (χ0v) is 24.0. The lowest BCUT2D eigenvalue weighted by molar-refractivity contribution is -0.0492. The van der Waals surface area contributed by atoms with Crippen molar-refractivity contribution in [3.8, 4) is 11.6 Å². The number of carbonyl (C=O) groups is 2. The van der Waals surface area contributed by atoms with Gasteiger partial charge in [-0.2, -0.15) is 13.9 Å². The van der Waals surface area contributed by atoms with Gasteiger partial charge < -0.3 is 25.0 Å². The third-order valence-electron chi connectivity index (χ3n) is 6.41. The molecule has 232 valence electrons. The number of hydrogen-bond acceptors (Lipinski definition) is 9. The number of imidazole rings is 1. The number of aryl methyl sites for hydroxylation is 1. The number of aromatic nitrogens is 5. The fourth-order valence-corrected chi connectivity index (χ4v) is 4.41. The molecule has 0 bridgehead atoms. The van der Waals surface area contributed by atoms with Crippen molar-refractivity contribution >= 4 is 34.5 Å². The summed E-state index contributed by atoms with van der Waals surface area (Å²) in [6, 6.07) is 7.94. The number of amides is 2. The van der Waals surface area contributed by atoms with Crippen molar-refractivity contribution in [1.82, 2.24) is 34.9 Å². The minimum Gasteiger partial charge on any atom is -0.444 e. The van der Waals surface area contributed by atoms with Crippen LogP contribution in [0, 0.1) is 6.92 Å². The van der Waals surface area contributed by atoms with Gasteiger partial charge >= 0.3 is 12.7 Å². The first-order chi connectivity index (χ1) is 20.8. The van der Waals surface area contributed by atoms with E-state index >= 15 is 0 Å². The zero-order valence-electron chi connectivity index (χ0n) is 24.0. The van der Waals surface area contributed by atoms with E-state index in [2.05, 4.69) is 30.8 Å². The molecule has 5 rings (SSSR count). The Balaban J connectivity index is 1.43. The summed E-state index contributed by atoms with van der Waals surface area (Å²) < 4.78 is 65.8. The monoisotopic (exact) mass is 616 g/mol. The van der Waals surface area contributed by atoms with Crippen LogP contribution in [0.3, 0.4) is 0 Å². The highest BCUT2D eigenvalue weighted by Crippen LogP contribution is 2.34. The number of likely N-dealkylation sites (tertiary alicyclic amines) is 1. The van der Waals surface area contributed by atoms with Crippen LogP contribution in [0.5, 0.6) is 5.75 Å². The fourth-order valence-electron chi connectivity index (χ4n) is 4.41. The molecule has 2 N–H and O–H groups in total. The summed E-state index contributed by atoms with van der Waals surface area (Å²) in [7, 11) is 0. The van der Waals surface area contributed by atoms with Crippen LogP contribution >= 0.6 is 0 Å². The molecule has 16 heteroatoms. The first kappa shape index (κ1) is 30.4. The molecule has 1 fully saturated rings. The van der Waals surface area contributed by atoms with Crippen molar-refractivity contribution in [2.45, 2.75) is 52.4 Å². The van der Waals surface area contributed by atoms with Gasteiger partial charge in [-0.05, 0) is 58.0 Å². The van der Waals surface area contributed by atoms with Crippen molar-refractivity contribution in [3.63, 3.8) is 0 Å². The summed E-state index contributed by atoms with van der Waals surface area (Å²) in [5, 5.41) is 13.4. The zero-order chi connectivity index (χ0) is 31.8. The number of ether oxygens (including phenoxy) is 2. The molecule has 0 spiro atoms. The number of pyridine rings is 1. The van der Waals surface area contributed by atoms with Crippen LogP contribution in [0.15, 0.2) is 42.7 Å². The quantitative estimate of drug-likeness (QED) is 0.258. The first-order valence-corrected chi connectivity index (χ1v) is 13.4. The predicted molar refractivity (Wildman–Crippen MR) is 150 cm³/mol. The summed E-state index contributed by atoms with van der Waals surface area (Å²) in [5.74, 6) is -0.699. The normalized spacial score (nSPS) is 13.7. The Bertz CT molecular complexity index is 1690. The molecule has 1 saturated heterocycles. The Morgan fingerprint density at radius 1 is 1.05 bits per heavy atom. The molecule has 4 aromatic rings. The van der Waals surface area contributed by atoms with Gasteiger partial charge in [0.15, 0.2) is 11.6 Å². The Kier molecular flexibility index (Phi) is 8.25. The highest BCUT2D eigenvalue weighted by Gasteiger charge is 2.36. The second-order valence-electron chi connectivity index (χ2n) is 11.0. The average molecular weight is 617 g/mol. The number of nitrogens with one attached hydrogen (secondary N) is 2. The molecule has 3 aromatic heterocycles. The lowest BCUT2D eigenvalue weighted by Gasteiger charge is -2.39. The lowest BCUT2D eigenvalue weighted by atomic mass is 10.1. The van der Waals surface area contributed by atoms with Crippen molar-refractivity contribution in [2.75, 3.05) is 18.4 Å². The Hall–Kier alpha value is -5.02. The highest BCUT2D eigenvalue weighted by atomic mass is 19.3. The maximum Gasteiger partial charge on any atom is 0.407 e. The highest BCUT2D eigenvalue weighted by molar-refractivity contribution is 5.95. The van der Waals surface area contributed by atoms with Gasteiger partial charge in [0, 0.05) is 24.7 Å². The van der Waals surface area contributed by atoms with E-state index in [1.165, 1.54) is 34.0 Å². The molecule has 0 unspecified atom stereocenters. The van der Waals surface area contributed by atoms with E-state index in [4.69, 9.17) is 9.47 Å². The van der Waals surface area contributed by atoms with Crippen molar-refractivity contribution < 1.29 is 36.6 Å². The van der Waals surface area contributed by atoms with Crippen LogP contribution in [-0.4, -0.2) is 73.0 Å². The SMILES string of the molecule is Cc1ccc(Nc2cc3ncn(-c4ccc(C(F)F)c(C(=O)N5CC(NC(=O)OC(C)(C)C)C5)n4)c3cc2OC(F)F)nn1. The maximum atomic E-state index is 13.9. The van der Waals surface area contributed by atoms with E-state index in [1.54, 1.807) is 39.8 Å². The summed E-state index contributed by atoms with van der Waals surface area (Å²) >= 11 is 0. The van der Waals surface area contributed by atoms with E-state index < -0.39 is 47.9 Å². The second-order valence-corrected chi connectivity index (χ2v) is 11.0. The third kappa shape index (κ3) is 6.79. The van der Waals surface area contributed by atoms with Crippen LogP contribution in [-0.2, 0) is 4.74 Å². The molecule has 1 aromatic carbocycles. The summed E-state index contributed by atoms with van der Waals surface area (Å²) in [6.07, 6.45) is -2.35. The van der Waals surface area contributed by atoms with E-state index in [9.17, 15) is 27.2 Å². The summed E-state index contributed by atoms with van der Waals surface area (Å²) in [5.41, 5.74) is -0.427. The number of fused-ring (bicyclic) bond motifs is 1. The molecule has 2 amide bonds. The molecule has 4 heterocycles. The van der Waals surface area contributed by atoms with Crippen LogP contribution in [0.25, 0.3) is 16.9 Å². The lowest BCUT2D eigenvalue weighted by Crippen LogP contribution is -2.61. The number of nitrogens with zero attached hydrogens (tertiary/aromatic N) is 6. The number of alkyl carbamates (subject to hydrolysis) is 1. The average Bonchev–Trinajstić information content (AvgIpc) is 3.32.